The maximum absolute atomic E-state index is 5.33. The van der Waals surface area contributed by atoms with E-state index >= 15 is 0 Å². The van der Waals surface area contributed by atoms with Gasteiger partial charge in [0.1, 0.15) is 0 Å². The lowest BCUT2D eigenvalue weighted by Gasteiger charge is -2.36. The largest absolute Gasteiger partial charge is 0.481 e. The molecule has 0 bridgehead atoms. The fourth-order valence-electron chi connectivity index (χ4n) is 2.92. The molecule has 1 atom stereocenters. The molecular weight excluding hydrogens is 294 g/mol. The number of methoxy groups -OCH3 is 1. The summed E-state index contributed by atoms with van der Waals surface area (Å²) in [4.78, 5) is 13.4. The van der Waals surface area contributed by atoms with Crippen LogP contribution in [0.4, 0.5) is 0 Å². The van der Waals surface area contributed by atoms with E-state index in [1.807, 2.05) is 13.0 Å². The molecule has 0 aliphatic carbocycles. The van der Waals surface area contributed by atoms with Crippen molar-refractivity contribution in [3.05, 3.63) is 35.6 Å². The molecule has 0 saturated carbocycles. The van der Waals surface area contributed by atoms with Gasteiger partial charge in [-0.25, -0.2) is 4.98 Å². The van der Waals surface area contributed by atoms with Gasteiger partial charge in [0.2, 0.25) is 11.8 Å². The Kier molecular flexibility index (Phi) is 4.88. The van der Waals surface area contributed by atoms with E-state index in [-0.39, 0.29) is 6.04 Å². The quantitative estimate of drug-likeness (QED) is 0.830. The van der Waals surface area contributed by atoms with E-state index in [0.717, 1.165) is 38.3 Å². The molecule has 0 amide bonds. The Balaban J connectivity index is 1.56. The number of piperazine rings is 1. The number of rotatable bonds is 5. The highest BCUT2D eigenvalue weighted by molar-refractivity contribution is 5.25. The van der Waals surface area contributed by atoms with Crippen molar-refractivity contribution in [3.63, 3.8) is 0 Å². The Bertz CT molecular complexity index is 637. The lowest BCUT2D eigenvalue weighted by Crippen LogP contribution is -2.46. The fraction of sp³-hybridized carbons (Fsp3) is 0.562. The van der Waals surface area contributed by atoms with Crippen LogP contribution in [0.3, 0.4) is 0 Å². The summed E-state index contributed by atoms with van der Waals surface area (Å²) in [5, 5.41) is 3.88. The second-order valence-corrected chi connectivity index (χ2v) is 5.84. The highest BCUT2D eigenvalue weighted by Gasteiger charge is 2.25. The summed E-state index contributed by atoms with van der Waals surface area (Å²) in [5.41, 5.74) is 1.13. The van der Waals surface area contributed by atoms with Gasteiger partial charge in [0.05, 0.1) is 13.2 Å². The maximum atomic E-state index is 5.33. The van der Waals surface area contributed by atoms with Crippen LogP contribution in [-0.4, -0.2) is 58.2 Å². The van der Waals surface area contributed by atoms with E-state index in [9.17, 15) is 0 Å². The van der Waals surface area contributed by atoms with Gasteiger partial charge in [0.25, 0.3) is 0 Å². The van der Waals surface area contributed by atoms with Crippen molar-refractivity contribution in [2.75, 3.05) is 33.3 Å². The zero-order valence-electron chi connectivity index (χ0n) is 13.9. The highest BCUT2D eigenvalue weighted by Crippen LogP contribution is 2.22. The van der Waals surface area contributed by atoms with Crippen molar-refractivity contribution >= 4 is 0 Å². The Labute approximate surface area is 136 Å². The standard InChI is InChI=1S/C16H23N5O2/c1-12(15-18-13(2)19-23-15)21-9-7-20(8-10-21)11-14-5-4-6-17-16(14)22-3/h4-6,12H,7-11H2,1-3H3. The topological polar surface area (TPSA) is 67.5 Å². The van der Waals surface area contributed by atoms with Gasteiger partial charge in [0.15, 0.2) is 5.82 Å². The molecule has 1 fully saturated rings. The summed E-state index contributed by atoms with van der Waals surface area (Å²) >= 11 is 0. The van der Waals surface area contributed by atoms with Crippen LogP contribution in [0.15, 0.2) is 22.9 Å². The molecular formula is C16H23N5O2. The number of nitrogens with zero attached hydrogens (tertiary/aromatic N) is 5. The maximum Gasteiger partial charge on any atom is 0.243 e. The van der Waals surface area contributed by atoms with Crippen molar-refractivity contribution in [1.29, 1.82) is 0 Å². The highest BCUT2D eigenvalue weighted by atomic mass is 16.5. The molecule has 2 aromatic heterocycles. The van der Waals surface area contributed by atoms with E-state index in [0.29, 0.717) is 17.6 Å². The minimum Gasteiger partial charge on any atom is -0.481 e. The minimum atomic E-state index is 0.159. The van der Waals surface area contributed by atoms with E-state index in [1.165, 1.54) is 0 Å². The normalized spacial score (nSPS) is 18.0. The number of pyridine rings is 1. The average molecular weight is 317 g/mol. The third kappa shape index (κ3) is 3.68. The molecule has 23 heavy (non-hydrogen) atoms. The monoisotopic (exact) mass is 317 g/mol. The van der Waals surface area contributed by atoms with Crippen molar-refractivity contribution in [1.82, 2.24) is 24.9 Å². The lowest BCUT2D eigenvalue weighted by molar-refractivity contribution is 0.0840. The van der Waals surface area contributed by atoms with Gasteiger partial charge in [-0.1, -0.05) is 11.2 Å². The number of aryl methyl sites for hydroxylation is 1. The van der Waals surface area contributed by atoms with E-state index in [4.69, 9.17) is 9.26 Å². The van der Waals surface area contributed by atoms with Gasteiger partial charge in [-0.15, -0.1) is 0 Å². The van der Waals surface area contributed by atoms with Crippen LogP contribution in [0, 0.1) is 6.92 Å². The number of hydrogen-bond acceptors (Lipinski definition) is 7. The smallest absolute Gasteiger partial charge is 0.243 e. The van der Waals surface area contributed by atoms with Crippen LogP contribution >= 0.6 is 0 Å². The Morgan fingerprint density at radius 1 is 1.30 bits per heavy atom. The molecule has 0 radical (unpaired) electrons. The van der Waals surface area contributed by atoms with Crippen LogP contribution in [-0.2, 0) is 6.54 Å². The third-order valence-electron chi connectivity index (χ3n) is 4.29. The summed E-state index contributed by atoms with van der Waals surface area (Å²) in [6, 6.07) is 4.18. The first-order valence-electron chi connectivity index (χ1n) is 7.92. The molecule has 1 aliphatic heterocycles. The molecule has 124 valence electrons. The molecule has 0 N–H and O–H groups in total. The van der Waals surface area contributed by atoms with Crippen molar-refractivity contribution in [2.45, 2.75) is 26.4 Å². The average Bonchev–Trinajstić information content (AvgIpc) is 3.02. The fourth-order valence-corrected chi connectivity index (χ4v) is 2.92. The van der Waals surface area contributed by atoms with E-state index in [1.54, 1.807) is 13.3 Å². The van der Waals surface area contributed by atoms with Crippen molar-refractivity contribution in [3.8, 4) is 5.88 Å². The van der Waals surface area contributed by atoms with Crippen molar-refractivity contribution < 1.29 is 9.26 Å². The predicted molar refractivity (Wildman–Crippen MR) is 85.1 cm³/mol. The molecule has 7 nitrogen and oxygen atoms in total. The second-order valence-electron chi connectivity index (χ2n) is 5.84. The Morgan fingerprint density at radius 3 is 2.74 bits per heavy atom. The first-order chi connectivity index (χ1) is 11.2. The first kappa shape index (κ1) is 15.9. The molecule has 3 rings (SSSR count). The molecule has 1 unspecified atom stereocenters. The molecule has 2 aromatic rings. The molecule has 0 aromatic carbocycles. The summed E-state index contributed by atoms with van der Waals surface area (Å²) in [7, 11) is 1.66. The number of ether oxygens (including phenoxy) is 1. The summed E-state index contributed by atoms with van der Waals surface area (Å²) in [6.07, 6.45) is 1.76. The van der Waals surface area contributed by atoms with Gasteiger partial charge < -0.3 is 9.26 Å². The summed E-state index contributed by atoms with van der Waals surface area (Å²) < 4.78 is 10.6. The molecule has 7 heteroatoms. The molecule has 1 aliphatic rings. The van der Waals surface area contributed by atoms with Crippen LogP contribution in [0.2, 0.25) is 0 Å². The van der Waals surface area contributed by atoms with Crippen molar-refractivity contribution in [2.24, 2.45) is 0 Å². The van der Waals surface area contributed by atoms with Crippen LogP contribution in [0.1, 0.15) is 30.2 Å². The zero-order valence-corrected chi connectivity index (χ0v) is 13.9. The van der Waals surface area contributed by atoms with Crippen LogP contribution in [0.25, 0.3) is 0 Å². The van der Waals surface area contributed by atoms with E-state index in [2.05, 4.69) is 37.9 Å². The SMILES string of the molecule is COc1ncccc1CN1CCN(C(C)c2nc(C)no2)CC1. The summed E-state index contributed by atoms with van der Waals surface area (Å²) in [6.45, 7) is 8.77. The molecule has 0 spiro atoms. The van der Waals surface area contributed by atoms with Gasteiger partial charge >= 0.3 is 0 Å². The molecule has 3 heterocycles. The second kappa shape index (κ2) is 7.06. The summed E-state index contributed by atoms with van der Waals surface area (Å²) in [5.74, 6) is 2.10. The number of aromatic nitrogens is 3. The zero-order chi connectivity index (χ0) is 16.2. The lowest BCUT2D eigenvalue weighted by atomic mass is 10.2. The predicted octanol–water partition coefficient (Wildman–Crippen LogP) is 1.66. The van der Waals surface area contributed by atoms with Gasteiger partial charge in [-0.2, -0.15) is 4.98 Å². The number of hydrogen-bond donors (Lipinski definition) is 0. The minimum absolute atomic E-state index is 0.159. The Morgan fingerprint density at radius 2 is 2.09 bits per heavy atom. The Hall–Kier alpha value is -1.99. The molecule has 1 saturated heterocycles. The van der Waals surface area contributed by atoms with Crippen LogP contribution < -0.4 is 4.74 Å². The van der Waals surface area contributed by atoms with Gasteiger partial charge in [-0.3, -0.25) is 9.80 Å². The first-order valence-corrected chi connectivity index (χ1v) is 7.92. The third-order valence-corrected chi connectivity index (χ3v) is 4.29. The van der Waals surface area contributed by atoms with Crippen LogP contribution in [0.5, 0.6) is 5.88 Å². The van der Waals surface area contributed by atoms with Gasteiger partial charge in [-0.05, 0) is 19.9 Å². The van der Waals surface area contributed by atoms with Gasteiger partial charge in [0, 0.05) is 44.5 Å². The van der Waals surface area contributed by atoms with E-state index < -0.39 is 0 Å².